The number of nitrogens with zero attached hydrogens (tertiary/aromatic N) is 1. The SMILES string of the molecule is C[C@]1(N2C(=O)c3cccc(O)c3C2=O)CCC(=O)NC1=O. The molecule has 0 spiro atoms. The molecule has 0 aliphatic carbocycles. The quantitative estimate of drug-likeness (QED) is 0.718. The number of amides is 4. The number of carbonyl (C=O) groups excluding carboxylic acids is 4. The van der Waals surface area contributed by atoms with Crippen LogP contribution >= 0.6 is 0 Å². The standard InChI is InChI=1S/C14H12N2O5/c1-14(6-5-9(18)15-13(14)21)16-11(19)7-3-2-4-8(17)10(7)12(16)20/h2-4,17H,5-6H2,1H3,(H,15,18,21)/t14-/m0/s1. The summed E-state index contributed by atoms with van der Waals surface area (Å²) in [5, 5.41) is 11.9. The Bertz CT molecular complexity index is 711. The molecule has 108 valence electrons. The molecule has 1 atom stereocenters. The number of phenols is 1. The summed E-state index contributed by atoms with van der Waals surface area (Å²) >= 11 is 0. The molecule has 2 heterocycles. The summed E-state index contributed by atoms with van der Waals surface area (Å²) in [6.07, 6.45) is 0.103. The van der Waals surface area contributed by atoms with Crippen LogP contribution in [0.4, 0.5) is 0 Å². The first kappa shape index (κ1) is 13.3. The summed E-state index contributed by atoms with van der Waals surface area (Å²) in [5.74, 6) is -2.79. The van der Waals surface area contributed by atoms with Crippen LogP contribution in [-0.2, 0) is 9.59 Å². The lowest BCUT2D eigenvalue weighted by molar-refractivity contribution is -0.140. The average Bonchev–Trinajstić information content (AvgIpc) is 2.68. The Kier molecular flexibility index (Phi) is 2.62. The van der Waals surface area contributed by atoms with Crippen molar-refractivity contribution in [1.29, 1.82) is 0 Å². The molecule has 7 heteroatoms. The van der Waals surface area contributed by atoms with E-state index in [2.05, 4.69) is 5.32 Å². The van der Waals surface area contributed by atoms with Gasteiger partial charge >= 0.3 is 0 Å². The van der Waals surface area contributed by atoms with Gasteiger partial charge in [-0.25, -0.2) is 0 Å². The number of benzene rings is 1. The first-order valence-electron chi connectivity index (χ1n) is 6.41. The van der Waals surface area contributed by atoms with E-state index in [0.717, 1.165) is 4.90 Å². The second-order valence-corrected chi connectivity index (χ2v) is 5.30. The van der Waals surface area contributed by atoms with Gasteiger partial charge in [0.25, 0.3) is 17.7 Å². The fourth-order valence-corrected chi connectivity index (χ4v) is 2.72. The maximum atomic E-state index is 12.4. The maximum Gasteiger partial charge on any atom is 0.266 e. The van der Waals surface area contributed by atoms with E-state index in [-0.39, 0.29) is 29.7 Å². The Balaban J connectivity index is 2.08. The van der Waals surface area contributed by atoms with Crippen LogP contribution in [0.5, 0.6) is 5.75 Å². The van der Waals surface area contributed by atoms with Gasteiger partial charge in [-0.1, -0.05) is 6.07 Å². The van der Waals surface area contributed by atoms with E-state index in [9.17, 15) is 24.3 Å². The molecule has 1 aromatic carbocycles. The van der Waals surface area contributed by atoms with Crippen molar-refractivity contribution in [2.75, 3.05) is 0 Å². The number of carbonyl (C=O) groups is 4. The van der Waals surface area contributed by atoms with Gasteiger partial charge in [-0.05, 0) is 25.5 Å². The summed E-state index contributed by atoms with van der Waals surface area (Å²) in [6.45, 7) is 1.44. The molecule has 2 aliphatic rings. The highest BCUT2D eigenvalue weighted by Gasteiger charge is 2.53. The lowest BCUT2D eigenvalue weighted by Gasteiger charge is -2.38. The number of hydrogen-bond donors (Lipinski definition) is 2. The maximum absolute atomic E-state index is 12.4. The normalized spacial score (nSPS) is 25.1. The third kappa shape index (κ3) is 1.67. The predicted octanol–water partition coefficient (Wildman–Crippen LogP) is 0.183. The number of hydrogen-bond acceptors (Lipinski definition) is 5. The van der Waals surface area contributed by atoms with Crippen LogP contribution in [0.25, 0.3) is 0 Å². The van der Waals surface area contributed by atoms with Crippen molar-refractivity contribution in [2.45, 2.75) is 25.3 Å². The number of fused-ring (bicyclic) bond motifs is 1. The minimum Gasteiger partial charge on any atom is -0.507 e. The van der Waals surface area contributed by atoms with Gasteiger partial charge in [0.2, 0.25) is 5.91 Å². The van der Waals surface area contributed by atoms with Crippen molar-refractivity contribution >= 4 is 23.6 Å². The largest absolute Gasteiger partial charge is 0.507 e. The highest BCUT2D eigenvalue weighted by molar-refractivity contribution is 6.25. The van der Waals surface area contributed by atoms with E-state index < -0.39 is 29.2 Å². The molecule has 1 fully saturated rings. The van der Waals surface area contributed by atoms with E-state index in [1.165, 1.54) is 25.1 Å². The molecule has 0 aromatic heterocycles. The van der Waals surface area contributed by atoms with Crippen LogP contribution in [0, 0.1) is 0 Å². The fraction of sp³-hybridized carbons (Fsp3) is 0.286. The summed E-state index contributed by atoms with van der Waals surface area (Å²) in [6, 6.07) is 4.18. The number of nitrogens with one attached hydrogen (secondary N) is 1. The molecular weight excluding hydrogens is 276 g/mol. The molecule has 7 nitrogen and oxygen atoms in total. The Labute approximate surface area is 119 Å². The number of aromatic hydroxyl groups is 1. The van der Waals surface area contributed by atoms with E-state index >= 15 is 0 Å². The lowest BCUT2D eigenvalue weighted by Crippen LogP contribution is -2.62. The van der Waals surface area contributed by atoms with Gasteiger partial charge in [0, 0.05) is 6.42 Å². The summed E-state index contributed by atoms with van der Waals surface area (Å²) < 4.78 is 0. The molecule has 1 saturated heterocycles. The van der Waals surface area contributed by atoms with Crippen molar-refractivity contribution in [3.8, 4) is 5.75 Å². The highest BCUT2D eigenvalue weighted by atomic mass is 16.3. The van der Waals surface area contributed by atoms with Crippen LogP contribution in [-0.4, -0.2) is 39.2 Å². The molecular formula is C14H12N2O5. The number of rotatable bonds is 1. The van der Waals surface area contributed by atoms with Crippen LogP contribution in [0.3, 0.4) is 0 Å². The lowest BCUT2D eigenvalue weighted by atomic mass is 9.89. The number of imide groups is 2. The van der Waals surface area contributed by atoms with Crippen molar-refractivity contribution in [1.82, 2.24) is 10.2 Å². The second kappa shape index (κ2) is 4.15. The molecule has 3 rings (SSSR count). The second-order valence-electron chi connectivity index (χ2n) is 5.30. The van der Waals surface area contributed by atoms with E-state index in [0.29, 0.717) is 0 Å². The van der Waals surface area contributed by atoms with E-state index in [1.807, 2.05) is 0 Å². The van der Waals surface area contributed by atoms with Gasteiger partial charge in [-0.3, -0.25) is 29.4 Å². The molecule has 2 aliphatic heterocycles. The van der Waals surface area contributed by atoms with Crippen LogP contribution in [0.2, 0.25) is 0 Å². The summed E-state index contributed by atoms with van der Waals surface area (Å²) in [4.78, 5) is 49.0. The molecule has 0 radical (unpaired) electrons. The molecule has 4 amide bonds. The van der Waals surface area contributed by atoms with Gasteiger partial charge in [-0.2, -0.15) is 0 Å². The number of piperidine rings is 1. The monoisotopic (exact) mass is 288 g/mol. The average molecular weight is 288 g/mol. The van der Waals surface area contributed by atoms with Crippen molar-refractivity contribution in [2.24, 2.45) is 0 Å². The van der Waals surface area contributed by atoms with Crippen LogP contribution < -0.4 is 5.32 Å². The Hall–Kier alpha value is -2.70. The zero-order chi connectivity index (χ0) is 15.4. The number of phenolic OH excluding ortho intramolecular Hbond substituents is 1. The van der Waals surface area contributed by atoms with Crippen molar-refractivity contribution in [3.05, 3.63) is 29.3 Å². The zero-order valence-electron chi connectivity index (χ0n) is 11.2. The molecule has 0 saturated carbocycles. The Morgan fingerprint density at radius 3 is 2.52 bits per heavy atom. The summed E-state index contributed by atoms with van der Waals surface area (Å²) in [5.41, 5.74) is -1.48. The predicted molar refractivity (Wildman–Crippen MR) is 69.4 cm³/mol. The van der Waals surface area contributed by atoms with Crippen LogP contribution in [0.1, 0.15) is 40.5 Å². The van der Waals surface area contributed by atoms with Crippen LogP contribution in [0.15, 0.2) is 18.2 Å². The molecule has 2 N–H and O–H groups in total. The van der Waals surface area contributed by atoms with Crippen molar-refractivity contribution in [3.63, 3.8) is 0 Å². The molecule has 0 bridgehead atoms. The molecule has 1 aromatic rings. The topological polar surface area (TPSA) is 104 Å². The third-order valence-corrected chi connectivity index (χ3v) is 3.97. The third-order valence-electron chi connectivity index (χ3n) is 3.97. The van der Waals surface area contributed by atoms with E-state index in [4.69, 9.17) is 0 Å². The molecule has 0 unspecified atom stereocenters. The summed E-state index contributed by atoms with van der Waals surface area (Å²) in [7, 11) is 0. The highest BCUT2D eigenvalue weighted by Crippen LogP contribution is 2.37. The van der Waals surface area contributed by atoms with Gasteiger partial charge < -0.3 is 5.11 Å². The minimum atomic E-state index is -1.44. The van der Waals surface area contributed by atoms with Crippen molar-refractivity contribution < 1.29 is 24.3 Å². The smallest absolute Gasteiger partial charge is 0.266 e. The van der Waals surface area contributed by atoms with Gasteiger partial charge in [-0.15, -0.1) is 0 Å². The fourth-order valence-electron chi connectivity index (χ4n) is 2.72. The molecule has 21 heavy (non-hydrogen) atoms. The zero-order valence-corrected chi connectivity index (χ0v) is 11.2. The Morgan fingerprint density at radius 2 is 1.90 bits per heavy atom. The van der Waals surface area contributed by atoms with Gasteiger partial charge in [0.15, 0.2) is 0 Å². The van der Waals surface area contributed by atoms with Gasteiger partial charge in [0.05, 0.1) is 11.1 Å². The Morgan fingerprint density at radius 1 is 1.19 bits per heavy atom. The van der Waals surface area contributed by atoms with Gasteiger partial charge in [0.1, 0.15) is 11.3 Å². The first-order chi connectivity index (χ1) is 9.86. The van der Waals surface area contributed by atoms with E-state index in [1.54, 1.807) is 0 Å². The first-order valence-corrected chi connectivity index (χ1v) is 6.41. The minimum absolute atomic E-state index is 0.0433.